The molecule has 1 aliphatic rings. The molecule has 0 spiro atoms. The van der Waals surface area contributed by atoms with Gasteiger partial charge in [0.25, 0.3) is 5.89 Å². The Morgan fingerprint density at radius 2 is 2.00 bits per heavy atom. The van der Waals surface area contributed by atoms with Gasteiger partial charge in [-0.3, -0.25) is 4.90 Å². The molecule has 1 aliphatic heterocycles. The highest BCUT2D eigenvalue weighted by molar-refractivity contribution is 7.15. The van der Waals surface area contributed by atoms with Crippen molar-refractivity contribution in [3.05, 3.63) is 70.1 Å². The van der Waals surface area contributed by atoms with Crippen molar-refractivity contribution in [1.29, 1.82) is 0 Å². The molecule has 0 amide bonds. The van der Waals surface area contributed by atoms with E-state index in [1.807, 2.05) is 42.5 Å². The van der Waals surface area contributed by atoms with E-state index in [4.69, 9.17) is 30.7 Å². The average Bonchev–Trinajstić information content (AvgIpc) is 3.46. The quantitative estimate of drug-likeness (QED) is 0.273. The number of nitrogens with zero attached hydrogens (tertiary/aromatic N) is 3. The lowest BCUT2D eigenvalue weighted by Gasteiger charge is -2.37. The number of ether oxygens (including phenoxy) is 2. The smallest absolute Gasteiger partial charge is 0.456 e. The van der Waals surface area contributed by atoms with E-state index in [0.717, 1.165) is 33.8 Å². The van der Waals surface area contributed by atoms with Crippen LogP contribution in [0.4, 0.5) is 4.79 Å². The fraction of sp³-hybridized carbons (Fsp3) is 0.240. The molecule has 5 rings (SSSR count). The predicted molar refractivity (Wildman–Crippen MR) is 132 cm³/mol. The van der Waals surface area contributed by atoms with Crippen LogP contribution in [0.25, 0.3) is 22.2 Å². The van der Waals surface area contributed by atoms with Gasteiger partial charge in [-0.2, -0.15) is 4.98 Å². The molecular weight excluding hydrogens is 490 g/mol. The number of carbonyl (C=O) groups is 1. The number of thiophene rings is 1. The summed E-state index contributed by atoms with van der Waals surface area (Å²) in [6.45, 7) is 4.02. The molecule has 0 aliphatic carbocycles. The van der Waals surface area contributed by atoms with Crippen LogP contribution in [0.5, 0.6) is 11.5 Å². The Bertz CT molecular complexity index is 1330. The topological polar surface area (TPSA) is 97.9 Å². The number of hydrogen-bond acceptors (Lipinski definition) is 8. The van der Waals surface area contributed by atoms with Crippen molar-refractivity contribution in [3.63, 3.8) is 0 Å². The van der Waals surface area contributed by atoms with E-state index >= 15 is 0 Å². The van der Waals surface area contributed by atoms with E-state index in [1.54, 1.807) is 17.4 Å². The molecule has 2 aromatic heterocycles. The predicted octanol–water partition coefficient (Wildman–Crippen LogP) is 6.35. The van der Waals surface area contributed by atoms with Gasteiger partial charge in [0, 0.05) is 30.1 Å². The minimum absolute atomic E-state index is 0.251. The molecule has 0 saturated carbocycles. The van der Waals surface area contributed by atoms with E-state index in [0.29, 0.717) is 41.3 Å². The van der Waals surface area contributed by atoms with E-state index < -0.39 is 6.16 Å². The Labute approximate surface area is 210 Å². The van der Waals surface area contributed by atoms with Gasteiger partial charge >= 0.3 is 6.16 Å². The largest absolute Gasteiger partial charge is 0.506 e. The Balaban J connectivity index is 1.27. The minimum atomic E-state index is -1.23. The summed E-state index contributed by atoms with van der Waals surface area (Å²) in [5.74, 6) is 2.23. The number of likely N-dealkylation sites (tertiary alicyclic amines) is 1. The molecule has 0 atom stereocenters. The normalized spacial score (nSPS) is 14.0. The summed E-state index contributed by atoms with van der Waals surface area (Å²) in [7, 11) is 0. The van der Waals surface area contributed by atoms with Crippen LogP contribution in [0, 0.1) is 0 Å². The third kappa shape index (κ3) is 5.32. The fourth-order valence-corrected chi connectivity index (χ4v) is 5.25. The maximum absolute atomic E-state index is 10.6. The van der Waals surface area contributed by atoms with Gasteiger partial charge in [0.1, 0.15) is 17.6 Å². The van der Waals surface area contributed by atoms with Gasteiger partial charge < -0.3 is 19.1 Å². The number of para-hydroxylation sites is 1. The van der Waals surface area contributed by atoms with Gasteiger partial charge in [-0.25, -0.2) is 4.79 Å². The van der Waals surface area contributed by atoms with Crippen molar-refractivity contribution in [3.8, 4) is 33.7 Å². The number of benzene rings is 2. The highest BCUT2D eigenvalue weighted by Gasteiger charge is 2.30. The lowest BCUT2D eigenvalue weighted by Crippen LogP contribution is -2.51. The number of rotatable bonds is 8. The Morgan fingerprint density at radius 1 is 1.23 bits per heavy atom. The lowest BCUT2D eigenvalue weighted by molar-refractivity contribution is -0.0359. The molecule has 1 saturated heterocycles. The molecule has 10 heteroatoms. The molecule has 0 bridgehead atoms. The van der Waals surface area contributed by atoms with Crippen molar-refractivity contribution in [2.45, 2.75) is 26.0 Å². The number of aryl methyl sites for hydroxylation is 1. The van der Waals surface area contributed by atoms with E-state index in [1.165, 1.54) is 0 Å². The third-order valence-electron chi connectivity index (χ3n) is 5.61. The second kappa shape index (κ2) is 10.1. The molecule has 4 aromatic rings. The summed E-state index contributed by atoms with van der Waals surface area (Å²) < 4.78 is 16.2. The van der Waals surface area contributed by atoms with Crippen LogP contribution in [0.1, 0.15) is 17.4 Å². The van der Waals surface area contributed by atoms with Crippen molar-refractivity contribution in [2.24, 2.45) is 0 Å². The van der Waals surface area contributed by atoms with Gasteiger partial charge in [-0.15, -0.1) is 11.3 Å². The fourth-order valence-electron chi connectivity index (χ4n) is 3.86. The van der Waals surface area contributed by atoms with Crippen LogP contribution in [-0.2, 0) is 17.7 Å². The maximum atomic E-state index is 10.6. The van der Waals surface area contributed by atoms with Crippen LogP contribution in [-0.4, -0.2) is 45.5 Å². The van der Waals surface area contributed by atoms with Gasteiger partial charge in [0.05, 0.1) is 9.90 Å². The second-order valence-electron chi connectivity index (χ2n) is 8.10. The lowest BCUT2D eigenvalue weighted by atomic mass is 10.1. The molecule has 8 nitrogen and oxygen atoms in total. The highest BCUT2D eigenvalue weighted by Crippen LogP contribution is 2.35. The first-order chi connectivity index (χ1) is 17.0. The van der Waals surface area contributed by atoms with E-state index in [-0.39, 0.29) is 6.10 Å². The van der Waals surface area contributed by atoms with Gasteiger partial charge in [-0.05, 0) is 54.4 Å². The summed E-state index contributed by atoms with van der Waals surface area (Å²) in [4.78, 5) is 19.6. The zero-order valence-electron chi connectivity index (χ0n) is 18.8. The summed E-state index contributed by atoms with van der Waals surface area (Å²) in [6, 6.07) is 16.9. The Morgan fingerprint density at radius 3 is 2.71 bits per heavy atom. The van der Waals surface area contributed by atoms with Gasteiger partial charge in [0.15, 0.2) is 0 Å². The first-order valence-electron chi connectivity index (χ1n) is 11.1. The summed E-state index contributed by atoms with van der Waals surface area (Å²) in [5.41, 5.74) is 1.94. The SMILES string of the molecule is CCc1cc(CN2CC(OC(=O)O)C2)sc1-c1noc(-c2ccc(Oc3ccccc3Cl)cc2)n1. The van der Waals surface area contributed by atoms with Crippen molar-refractivity contribution >= 4 is 29.1 Å². The van der Waals surface area contributed by atoms with Crippen molar-refractivity contribution < 1.29 is 23.9 Å². The zero-order valence-corrected chi connectivity index (χ0v) is 20.4. The molecule has 0 radical (unpaired) electrons. The summed E-state index contributed by atoms with van der Waals surface area (Å²) in [6.07, 6.45) is -0.634. The van der Waals surface area contributed by atoms with Crippen LogP contribution in [0.3, 0.4) is 0 Å². The highest BCUT2D eigenvalue weighted by atomic mass is 35.5. The van der Waals surface area contributed by atoms with Crippen LogP contribution in [0.2, 0.25) is 5.02 Å². The first kappa shape index (κ1) is 23.3. The molecule has 0 unspecified atom stereocenters. The standard InChI is InChI=1S/C25H22ClN3O5S/c1-2-15-11-19(14-29-12-18(13-29)33-25(30)31)35-22(15)23-27-24(34-28-23)16-7-9-17(10-8-16)32-21-6-4-3-5-20(21)26/h3-11,18H,2,12-14H2,1H3,(H,30,31). The number of hydrogen-bond donors (Lipinski definition) is 1. The van der Waals surface area contributed by atoms with Crippen LogP contribution >= 0.6 is 22.9 Å². The van der Waals surface area contributed by atoms with Crippen molar-refractivity contribution in [2.75, 3.05) is 13.1 Å². The Kier molecular flexibility index (Phi) is 6.72. The maximum Gasteiger partial charge on any atom is 0.506 e. The average molecular weight is 512 g/mol. The summed E-state index contributed by atoms with van der Waals surface area (Å²) in [5, 5.41) is 13.5. The second-order valence-corrected chi connectivity index (χ2v) is 9.64. The zero-order chi connectivity index (χ0) is 24.4. The van der Waals surface area contributed by atoms with Gasteiger partial charge in [0.2, 0.25) is 5.82 Å². The third-order valence-corrected chi connectivity index (χ3v) is 7.08. The number of aromatic nitrogens is 2. The molecule has 3 heterocycles. The monoisotopic (exact) mass is 511 g/mol. The van der Waals surface area contributed by atoms with Crippen LogP contribution in [0.15, 0.2) is 59.1 Å². The molecule has 35 heavy (non-hydrogen) atoms. The van der Waals surface area contributed by atoms with E-state index in [9.17, 15) is 4.79 Å². The Hall–Kier alpha value is -3.40. The summed E-state index contributed by atoms with van der Waals surface area (Å²) >= 11 is 7.79. The first-order valence-corrected chi connectivity index (χ1v) is 12.3. The molecule has 1 fully saturated rings. The number of carboxylic acid groups (broad SMARTS) is 1. The molecule has 1 N–H and O–H groups in total. The van der Waals surface area contributed by atoms with Crippen molar-refractivity contribution in [1.82, 2.24) is 15.0 Å². The van der Waals surface area contributed by atoms with Gasteiger partial charge in [-0.1, -0.05) is 35.8 Å². The minimum Gasteiger partial charge on any atom is -0.456 e. The molecule has 2 aromatic carbocycles. The molecule has 180 valence electrons. The number of halogens is 1. The van der Waals surface area contributed by atoms with E-state index in [2.05, 4.69) is 28.0 Å². The van der Waals surface area contributed by atoms with Crippen LogP contribution < -0.4 is 4.74 Å². The molecular formula is C25H22ClN3O5S.